The number of amides is 2. The topological polar surface area (TPSA) is 101 Å². The Morgan fingerprint density at radius 1 is 0.977 bits per heavy atom. The minimum atomic E-state index is -1.16. The van der Waals surface area contributed by atoms with Crippen LogP contribution in [0.2, 0.25) is 0 Å². The number of aromatic nitrogens is 2. The summed E-state index contributed by atoms with van der Waals surface area (Å²) in [5, 5.41) is 0.593. The molecule has 0 atom stereocenters. The van der Waals surface area contributed by atoms with Crippen molar-refractivity contribution in [2.45, 2.75) is 54.1 Å². The average molecular weight is 600 g/mol. The fraction of sp³-hybridized carbons (Fsp3) is 0.412. The van der Waals surface area contributed by atoms with Crippen LogP contribution in [0.15, 0.2) is 64.2 Å². The summed E-state index contributed by atoms with van der Waals surface area (Å²) in [6, 6.07) is 11.3. The first-order valence-electron chi connectivity index (χ1n) is 15.1. The van der Waals surface area contributed by atoms with Crippen LogP contribution in [-0.4, -0.2) is 59.6 Å². The maximum absolute atomic E-state index is 13.2. The molecule has 10 heteroatoms. The van der Waals surface area contributed by atoms with Gasteiger partial charge in [-0.3, -0.25) is 24.3 Å². The third-order valence-electron chi connectivity index (χ3n) is 8.20. The number of fused-ring (bicyclic) bond motifs is 2. The molecule has 0 N–H and O–H groups in total. The van der Waals surface area contributed by atoms with Gasteiger partial charge in [-0.2, -0.15) is 0 Å². The number of carbonyl (C=O) groups excluding carboxylic acids is 2. The third kappa shape index (κ3) is 6.26. The van der Waals surface area contributed by atoms with Crippen LogP contribution in [0.1, 0.15) is 44.1 Å². The maximum Gasteiger partial charge on any atom is 0.261 e. The normalized spacial score (nSPS) is 14.8. The Hall–Kier alpha value is -4.44. The van der Waals surface area contributed by atoms with Crippen LogP contribution in [0.5, 0.6) is 5.75 Å². The molecular weight excluding hydrogens is 558 g/mol. The van der Waals surface area contributed by atoms with E-state index in [9.17, 15) is 14.4 Å². The molecular formula is C34H41N5O5. The molecule has 5 rings (SSSR count). The van der Waals surface area contributed by atoms with Gasteiger partial charge in [-0.25, -0.2) is 0 Å². The first-order valence-corrected chi connectivity index (χ1v) is 15.1. The number of anilines is 2. The second-order valence-corrected chi connectivity index (χ2v) is 12.0. The molecule has 0 unspecified atom stereocenters. The third-order valence-corrected chi connectivity index (χ3v) is 8.20. The van der Waals surface area contributed by atoms with E-state index in [1.54, 1.807) is 47.5 Å². The van der Waals surface area contributed by atoms with Crippen molar-refractivity contribution in [3.63, 3.8) is 0 Å². The highest BCUT2D eigenvalue weighted by Gasteiger charge is 2.45. The van der Waals surface area contributed by atoms with E-state index < -0.39 is 5.41 Å². The number of hydrogen-bond donors (Lipinski definition) is 0. The van der Waals surface area contributed by atoms with Crippen LogP contribution < -0.4 is 20.1 Å². The Balaban J connectivity index is 1.26. The van der Waals surface area contributed by atoms with Crippen LogP contribution in [0.4, 0.5) is 11.4 Å². The van der Waals surface area contributed by atoms with Gasteiger partial charge < -0.3 is 23.5 Å². The summed E-state index contributed by atoms with van der Waals surface area (Å²) in [5.74, 6) is 0.891. The van der Waals surface area contributed by atoms with E-state index in [2.05, 4.69) is 16.0 Å². The molecule has 1 aliphatic heterocycles. The van der Waals surface area contributed by atoms with Gasteiger partial charge in [0.05, 0.1) is 23.4 Å². The summed E-state index contributed by atoms with van der Waals surface area (Å²) < 4.78 is 13.5. The maximum atomic E-state index is 13.2. The van der Waals surface area contributed by atoms with Crippen molar-refractivity contribution in [3.8, 4) is 5.75 Å². The van der Waals surface area contributed by atoms with Crippen molar-refractivity contribution in [2.24, 2.45) is 5.41 Å². The molecule has 0 fully saturated rings. The predicted molar refractivity (Wildman–Crippen MR) is 171 cm³/mol. The Morgan fingerprint density at radius 3 is 2.52 bits per heavy atom. The highest BCUT2D eigenvalue weighted by atomic mass is 16.5. The molecule has 44 heavy (non-hydrogen) atoms. The monoisotopic (exact) mass is 599 g/mol. The highest BCUT2D eigenvalue weighted by Crippen LogP contribution is 2.40. The number of pyridine rings is 2. The molecule has 1 aromatic carbocycles. The van der Waals surface area contributed by atoms with E-state index in [0.29, 0.717) is 60.9 Å². The van der Waals surface area contributed by atoms with Crippen LogP contribution in [-0.2, 0) is 22.7 Å². The summed E-state index contributed by atoms with van der Waals surface area (Å²) in [7, 11) is 1.70. The molecule has 0 saturated heterocycles. The highest BCUT2D eigenvalue weighted by molar-refractivity contribution is 6.20. The van der Waals surface area contributed by atoms with E-state index in [-0.39, 0.29) is 17.4 Å². The van der Waals surface area contributed by atoms with Gasteiger partial charge >= 0.3 is 0 Å². The molecule has 232 valence electrons. The van der Waals surface area contributed by atoms with Gasteiger partial charge in [0.2, 0.25) is 11.8 Å². The molecule has 4 aromatic rings. The number of carbonyl (C=O) groups is 2. The predicted octanol–water partition coefficient (Wildman–Crippen LogP) is 4.93. The fourth-order valence-corrected chi connectivity index (χ4v) is 5.81. The molecule has 0 saturated carbocycles. The van der Waals surface area contributed by atoms with Gasteiger partial charge in [0.25, 0.3) is 5.56 Å². The van der Waals surface area contributed by atoms with Gasteiger partial charge in [0.1, 0.15) is 22.5 Å². The molecule has 4 heterocycles. The van der Waals surface area contributed by atoms with Crippen molar-refractivity contribution in [1.29, 1.82) is 0 Å². The minimum Gasteiger partial charge on any atom is -0.493 e. The molecule has 0 radical (unpaired) electrons. The number of hydrogen-bond acceptors (Lipinski definition) is 7. The lowest BCUT2D eigenvalue weighted by atomic mass is 9.90. The Labute approximate surface area is 257 Å². The van der Waals surface area contributed by atoms with Crippen molar-refractivity contribution in [2.75, 3.05) is 43.1 Å². The lowest BCUT2D eigenvalue weighted by Crippen LogP contribution is -2.47. The molecule has 1 aliphatic rings. The summed E-state index contributed by atoms with van der Waals surface area (Å²) in [4.78, 5) is 49.2. The zero-order chi connectivity index (χ0) is 31.6. The van der Waals surface area contributed by atoms with E-state index in [0.717, 1.165) is 29.9 Å². The van der Waals surface area contributed by atoms with Gasteiger partial charge in [-0.1, -0.05) is 6.07 Å². The number of furan rings is 1. The minimum absolute atomic E-state index is 0.0572. The van der Waals surface area contributed by atoms with Crippen molar-refractivity contribution in [1.82, 2.24) is 14.5 Å². The SMILES string of the molecule is CCN1C(=O)C(C)(C)C(=O)N(C)c2cc(OCCCN(CCn3ccc4oc(C)cc4c3=O)Cc3cncc(C)c3)ccc21. The van der Waals surface area contributed by atoms with Crippen LogP contribution >= 0.6 is 0 Å². The van der Waals surface area contributed by atoms with Crippen molar-refractivity contribution in [3.05, 3.63) is 82.2 Å². The Kier molecular flexibility index (Phi) is 8.92. The van der Waals surface area contributed by atoms with Crippen molar-refractivity contribution >= 4 is 34.2 Å². The number of nitrogens with zero attached hydrogens (tertiary/aromatic N) is 5. The van der Waals surface area contributed by atoms with Crippen molar-refractivity contribution < 1.29 is 18.7 Å². The summed E-state index contributed by atoms with van der Waals surface area (Å²) in [5.41, 5.74) is 2.94. The number of benzene rings is 1. The summed E-state index contributed by atoms with van der Waals surface area (Å²) >= 11 is 0. The quantitative estimate of drug-likeness (QED) is 0.178. The van der Waals surface area contributed by atoms with Crippen LogP contribution in [0.25, 0.3) is 11.0 Å². The largest absolute Gasteiger partial charge is 0.493 e. The van der Waals surface area contributed by atoms with E-state index in [4.69, 9.17) is 9.15 Å². The molecule has 3 aromatic heterocycles. The lowest BCUT2D eigenvalue weighted by Gasteiger charge is -2.27. The van der Waals surface area contributed by atoms with Crippen LogP contribution in [0, 0.1) is 19.3 Å². The van der Waals surface area contributed by atoms with Crippen LogP contribution in [0.3, 0.4) is 0 Å². The first-order chi connectivity index (χ1) is 21.0. The standard InChI is InChI=1S/C34H41N5O5/c1-7-39-28-10-9-26(19-29(28)36(6)32(41)34(4,5)33(39)42)43-16-8-12-37(22-25-17-23(2)20-35-21-25)14-15-38-13-11-30-27(31(38)40)18-24(3)44-30/h9-11,13,17-21H,7-8,12,14-16,22H2,1-6H3. The van der Waals surface area contributed by atoms with E-state index in [1.807, 2.05) is 57.4 Å². The van der Waals surface area contributed by atoms with Gasteiger partial charge in [-0.05, 0) is 76.4 Å². The number of ether oxygens (including phenoxy) is 1. The van der Waals surface area contributed by atoms with Gasteiger partial charge in [0, 0.05) is 64.4 Å². The van der Waals surface area contributed by atoms with E-state index >= 15 is 0 Å². The number of aryl methyl sites for hydroxylation is 2. The second-order valence-electron chi connectivity index (χ2n) is 12.0. The second kappa shape index (κ2) is 12.7. The average Bonchev–Trinajstić information content (AvgIpc) is 3.37. The lowest BCUT2D eigenvalue weighted by molar-refractivity contribution is -0.137. The fourth-order valence-electron chi connectivity index (χ4n) is 5.81. The zero-order valence-corrected chi connectivity index (χ0v) is 26.4. The van der Waals surface area contributed by atoms with Gasteiger partial charge in [0.15, 0.2) is 0 Å². The molecule has 2 amide bonds. The number of rotatable bonds is 11. The van der Waals surface area contributed by atoms with E-state index in [1.165, 1.54) is 0 Å². The Morgan fingerprint density at radius 2 is 1.77 bits per heavy atom. The zero-order valence-electron chi connectivity index (χ0n) is 26.4. The molecule has 10 nitrogen and oxygen atoms in total. The van der Waals surface area contributed by atoms with Gasteiger partial charge in [-0.15, -0.1) is 0 Å². The summed E-state index contributed by atoms with van der Waals surface area (Å²) in [6.45, 7) is 12.7. The smallest absolute Gasteiger partial charge is 0.261 e. The first kappa shape index (κ1) is 31.0. The molecule has 0 bridgehead atoms. The molecule has 0 spiro atoms. The molecule has 0 aliphatic carbocycles. The Bertz CT molecular complexity index is 1740. The summed E-state index contributed by atoms with van der Waals surface area (Å²) in [6.07, 6.45) is 6.25.